The molecule has 45 heavy (non-hydrogen) atoms. The number of halogens is 2. The summed E-state index contributed by atoms with van der Waals surface area (Å²) in [5.74, 6) is -0.647. The van der Waals surface area contributed by atoms with Crippen molar-refractivity contribution in [3.63, 3.8) is 0 Å². The van der Waals surface area contributed by atoms with Gasteiger partial charge in [0.25, 0.3) is 10.0 Å². The molecule has 1 unspecified atom stereocenters. The highest BCUT2D eigenvalue weighted by Crippen LogP contribution is 2.31. The standard InChI is InChI=1S/C35H37BrClN3O4S/c1-25(2)22-38-35(42)33(21-27-11-6-4-7-12-27)39(23-28-17-19-29(36)20-18-28)34(41)24-40(32-16-10-15-31(37)26(32)3)45(43,44)30-13-8-5-9-14-30/h4-20,25,33H,21-24H2,1-3H3,(H,38,42). The zero-order valence-electron chi connectivity index (χ0n) is 25.5. The summed E-state index contributed by atoms with van der Waals surface area (Å²) in [4.78, 5) is 29.9. The van der Waals surface area contributed by atoms with Crippen LogP contribution in [0.2, 0.25) is 5.02 Å². The third-order valence-corrected chi connectivity index (χ3v) is 10.1. The van der Waals surface area contributed by atoms with Gasteiger partial charge in [0.15, 0.2) is 0 Å². The Morgan fingerprint density at radius 3 is 2.09 bits per heavy atom. The number of anilines is 1. The second kappa shape index (κ2) is 15.6. The molecule has 4 aromatic carbocycles. The number of carbonyl (C=O) groups excluding carboxylic acids is 2. The fourth-order valence-corrected chi connectivity index (χ4v) is 6.79. The second-order valence-electron chi connectivity index (χ2n) is 11.2. The van der Waals surface area contributed by atoms with Crippen LogP contribution in [0.3, 0.4) is 0 Å². The van der Waals surface area contributed by atoms with Gasteiger partial charge in [0.1, 0.15) is 12.6 Å². The molecule has 0 radical (unpaired) electrons. The summed E-state index contributed by atoms with van der Waals surface area (Å²) in [6, 6.07) is 29.0. The Kier molecular flexibility index (Phi) is 11.8. The lowest BCUT2D eigenvalue weighted by atomic mass is 10.0. The average Bonchev–Trinajstić information content (AvgIpc) is 3.03. The van der Waals surface area contributed by atoms with Crippen molar-refractivity contribution in [1.29, 1.82) is 0 Å². The topological polar surface area (TPSA) is 86.8 Å². The highest BCUT2D eigenvalue weighted by molar-refractivity contribution is 9.10. The third-order valence-electron chi connectivity index (χ3n) is 7.34. The average molecular weight is 711 g/mol. The number of nitrogens with zero attached hydrogens (tertiary/aromatic N) is 2. The van der Waals surface area contributed by atoms with Gasteiger partial charge in [0.2, 0.25) is 11.8 Å². The van der Waals surface area contributed by atoms with Gasteiger partial charge in [-0.05, 0) is 65.9 Å². The van der Waals surface area contributed by atoms with Crippen LogP contribution in [-0.4, -0.2) is 44.3 Å². The quantitative estimate of drug-likeness (QED) is 0.162. The minimum atomic E-state index is -4.21. The van der Waals surface area contributed by atoms with Crippen molar-refractivity contribution < 1.29 is 18.0 Å². The molecule has 0 aromatic heterocycles. The van der Waals surface area contributed by atoms with Gasteiger partial charge in [-0.25, -0.2) is 8.42 Å². The zero-order valence-corrected chi connectivity index (χ0v) is 28.6. The highest BCUT2D eigenvalue weighted by atomic mass is 79.9. The van der Waals surface area contributed by atoms with Gasteiger partial charge in [-0.3, -0.25) is 13.9 Å². The smallest absolute Gasteiger partial charge is 0.264 e. The van der Waals surface area contributed by atoms with Crippen molar-refractivity contribution in [2.75, 3.05) is 17.4 Å². The number of sulfonamides is 1. The monoisotopic (exact) mass is 709 g/mol. The van der Waals surface area contributed by atoms with Crippen LogP contribution in [0.5, 0.6) is 0 Å². The number of benzene rings is 4. The van der Waals surface area contributed by atoms with E-state index in [9.17, 15) is 18.0 Å². The molecule has 4 aromatic rings. The van der Waals surface area contributed by atoms with E-state index in [1.54, 1.807) is 43.3 Å². The van der Waals surface area contributed by atoms with Gasteiger partial charge < -0.3 is 10.2 Å². The Balaban J connectivity index is 1.82. The van der Waals surface area contributed by atoms with E-state index >= 15 is 0 Å². The van der Waals surface area contributed by atoms with E-state index in [4.69, 9.17) is 11.6 Å². The maximum Gasteiger partial charge on any atom is 0.264 e. The fraction of sp³-hybridized carbons (Fsp3) is 0.257. The first-order chi connectivity index (χ1) is 21.5. The molecule has 1 atom stereocenters. The van der Waals surface area contributed by atoms with Crippen LogP contribution in [0.1, 0.15) is 30.5 Å². The minimum absolute atomic E-state index is 0.0344. The Labute approximate surface area is 279 Å². The Morgan fingerprint density at radius 2 is 1.47 bits per heavy atom. The van der Waals surface area contributed by atoms with Crippen LogP contribution in [0, 0.1) is 12.8 Å². The molecule has 0 aliphatic heterocycles. The van der Waals surface area contributed by atoms with Crippen LogP contribution >= 0.6 is 27.5 Å². The van der Waals surface area contributed by atoms with Crippen molar-refractivity contribution in [3.05, 3.63) is 129 Å². The normalized spacial score (nSPS) is 12.0. The van der Waals surface area contributed by atoms with Gasteiger partial charge in [-0.1, -0.05) is 108 Å². The molecule has 4 rings (SSSR count). The number of rotatable bonds is 13. The molecule has 10 heteroatoms. The van der Waals surface area contributed by atoms with Gasteiger partial charge in [0.05, 0.1) is 10.6 Å². The molecule has 1 N–H and O–H groups in total. The molecule has 236 valence electrons. The largest absolute Gasteiger partial charge is 0.354 e. The van der Waals surface area contributed by atoms with E-state index in [2.05, 4.69) is 21.2 Å². The Bertz CT molecular complexity index is 1700. The molecule has 0 heterocycles. The molecule has 7 nitrogen and oxygen atoms in total. The molecule has 0 saturated carbocycles. The van der Waals surface area contributed by atoms with Crippen molar-refractivity contribution in [1.82, 2.24) is 10.2 Å². The molecule has 0 aliphatic rings. The van der Waals surface area contributed by atoms with E-state index in [0.717, 1.165) is 19.9 Å². The van der Waals surface area contributed by atoms with E-state index in [1.807, 2.05) is 68.4 Å². The Hall–Kier alpha value is -3.66. The predicted molar refractivity (Wildman–Crippen MR) is 184 cm³/mol. The number of hydrogen-bond acceptors (Lipinski definition) is 4. The number of amides is 2. The maximum absolute atomic E-state index is 14.5. The van der Waals surface area contributed by atoms with E-state index in [-0.39, 0.29) is 35.4 Å². The van der Waals surface area contributed by atoms with Gasteiger partial charge in [-0.2, -0.15) is 0 Å². The van der Waals surface area contributed by atoms with E-state index in [1.165, 1.54) is 17.0 Å². The van der Waals surface area contributed by atoms with Crippen LogP contribution in [0.15, 0.2) is 112 Å². The van der Waals surface area contributed by atoms with Crippen LogP contribution in [0.4, 0.5) is 5.69 Å². The molecule has 0 aliphatic carbocycles. The van der Waals surface area contributed by atoms with Crippen molar-refractivity contribution in [2.45, 2.75) is 44.7 Å². The van der Waals surface area contributed by atoms with Crippen LogP contribution in [0.25, 0.3) is 0 Å². The highest BCUT2D eigenvalue weighted by Gasteiger charge is 2.35. The summed E-state index contributed by atoms with van der Waals surface area (Å²) >= 11 is 9.90. The molecule has 0 fully saturated rings. The van der Waals surface area contributed by atoms with Crippen molar-refractivity contribution in [3.8, 4) is 0 Å². The lowest BCUT2D eigenvalue weighted by molar-refractivity contribution is -0.140. The number of hydrogen-bond donors (Lipinski definition) is 1. The zero-order chi connectivity index (χ0) is 32.6. The van der Waals surface area contributed by atoms with Gasteiger partial charge in [0, 0.05) is 29.0 Å². The van der Waals surface area contributed by atoms with Gasteiger partial charge >= 0.3 is 0 Å². The number of carbonyl (C=O) groups is 2. The van der Waals surface area contributed by atoms with Crippen molar-refractivity contribution >= 4 is 55.1 Å². The molecule has 0 saturated heterocycles. The number of nitrogens with one attached hydrogen (secondary N) is 1. The molecule has 2 amide bonds. The Morgan fingerprint density at radius 1 is 0.844 bits per heavy atom. The van der Waals surface area contributed by atoms with E-state index in [0.29, 0.717) is 17.1 Å². The lowest BCUT2D eigenvalue weighted by Gasteiger charge is -2.34. The predicted octanol–water partition coefficient (Wildman–Crippen LogP) is 7.02. The summed E-state index contributed by atoms with van der Waals surface area (Å²) < 4.78 is 30.3. The first-order valence-corrected chi connectivity index (χ1v) is 17.3. The van der Waals surface area contributed by atoms with Crippen LogP contribution in [-0.2, 0) is 32.6 Å². The summed E-state index contributed by atoms with van der Waals surface area (Å²) in [7, 11) is -4.21. The van der Waals surface area contributed by atoms with Crippen molar-refractivity contribution in [2.24, 2.45) is 5.92 Å². The summed E-state index contributed by atoms with van der Waals surface area (Å²) in [6.07, 6.45) is 0.245. The van der Waals surface area contributed by atoms with Crippen LogP contribution < -0.4 is 9.62 Å². The summed E-state index contributed by atoms with van der Waals surface area (Å²) in [5.41, 5.74) is 2.46. The first kappa shape index (κ1) is 34.2. The second-order valence-corrected chi connectivity index (χ2v) is 14.4. The summed E-state index contributed by atoms with van der Waals surface area (Å²) in [6.45, 7) is 5.69. The third kappa shape index (κ3) is 8.96. The maximum atomic E-state index is 14.5. The molecule has 0 bridgehead atoms. The first-order valence-electron chi connectivity index (χ1n) is 14.7. The summed E-state index contributed by atoms with van der Waals surface area (Å²) in [5, 5.41) is 3.37. The van der Waals surface area contributed by atoms with Gasteiger partial charge in [-0.15, -0.1) is 0 Å². The molecular formula is C35H37BrClN3O4S. The lowest BCUT2D eigenvalue weighted by Crippen LogP contribution is -2.53. The van der Waals surface area contributed by atoms with E-state index < -0.39 is 28.5 Å². The fourth-order valence-electron chi connectivity index (χ4n) is 4.86. The SMILES string of the molecule is Cc1c(Cl)cccc1N(CC(=O)N(Cc1ccc(Br)cc1)C(Cc1ccccc1)C(=O)NCC(C)C)S(=O)(=O)c1ccccc1. The molecule has 0 spiro atoms. The minimum Gasteiger partial charge on any atom is -0.354 e. The molecular weight excluding hydrogens is 674 g/mol.